The van der Waals surface area contributed by atoms with Gasteiger partial charge in [0.2, 0.25) is 0 Å². The van der Waals surface area contributed by atoms with Crippen LogP contribution >= 0.6 is 15.9 Å². The van der Waals surface area contributed by atoms with E-state index in [2.05, 4.69) is 49.2 Å². The van der Waals surface area contributed by atoms with Gasteiger partial charge in [-0.1, -0.05) is 6.42 Å². The van der Waals surface area contributed by atoms with Gasteiger partial charge >= 0.3 is 0 Å². The number of hydrogen-bond donors (Lipinski definition) is 1. The lowest BCUT2D eigenvalue weighted by molar-refractivity contribution is -0.0311. The molecule has 1 saturated carbocycles. The number of nitrogen functional groups attached to an aromatic ring is 1. The molecule has 3 heterocycles. The summed E-state index contributed by atoms with van der Waals surface area (Å²) in [6.45, 7) is 5.61. The van der Waals surface area contributed by atoms with Crippen molar-refractivity contribution < 1.29 is 4.74 Å². The van der Waals surface area contributed by atoms with Crippen molar-refractivity contribution in [2.75, 3.05) is 12.3 Å². The smallest absolute Gasteiger partial charge is 0.148 e. The number of nitrogens with zero attached hydrogens (tertiary/aromatic N) is 4. The van der Waals surface area contributed by atoms with Gasteiger partial charge in [0.15, 0.2) is 0 Å². The molecule has 2 unspecified atom stereocenters. The number of ether oxygens (including phenoxy) is 1. The molecule has 1 aliphatic heterocycles. The van der Waals surface area contributed by atoms with E-state index >= 15 is 0 Å². The number of fused-ring (bicyclic) bond motifs is 1. The Kier molecular flexibility index (Phi) is 4.73. The van der Waals surface area contributed by atoms with Crippen LogP contribution < -0.4 is 5.73 Å². The molecule has 6 nitrogen and oxygen atoms in total. The van der Waals surface area contributed by atoms with Crippen molar-refractivity contribution in [3.8, 4) is 0 Å². The molecule has 25 heavy (non-hydrogen) atoms. The van der Waals surface area contributed by atoms with E-state index in [1.807, 2.05) is 6.20 Å². The summed E-state index contributed by atoms with van der Waals surface area (Å²) in [6.07, 6.45) is 9.96. The Hall–Kier alpha value is -1.18. The van der Waals surface area contributed by atoms with E-state index in [0.717, 1.165) is 40.9 Å². The molecule has 2 fully saturated rings. The summed E-state index contributed by atoms with van der Waals surface area (Å²) in [6, 6.07) is 1.32. The van der Waals surface area contributed by atoms with Crippen LogP contribution in [0.15, 0.2) is 17.0 Å². The normalized spacial score (nSPS) is 24.5. The van der Waals surface area contributed by atoms with Crippen LogP contribution in [0.3, 0.4) is 0 Å². The monoisotopic (exact) mass is 407 g/mol. The summed E-state index contributed by atoms with van der Waals surface area (Å²) >= 11 is 3.58. The molecule has 1 aliphatic carbocycles. The lowest BCUT2D eigenvalue weighted by atomic mass is 9.90. The van der Waals surface area contributed by atoms with Crippen LogP contribution in [-0.4, -0.2) is 44.2 Å². The number of nitrogens with two attached hydrogens (primary N) is 1. The van der Waals surface area contributed by atoms with Crippen LogP contribution in [0.2, 0.25) is 0 Å². The van der Waals surface area contributed by atoms with Crippen LogP contribution in [0.1, 0.15) is 52.2 Å². The maximum Gasteiger partial charge on any atom is 0.148 e. The highest BCUT2D eigenvalue weighted by atomic mass is 79.9. The van der Waals surface area contributed by atoms with E-state index < -0.39 is 0 Å². The zero-order valence-electron chi connectivity index (χ0n) is 14.9. The van der Waals surface area contributed by atoms with Gasteiger partial charge in [0.1, 0.15) is 24.0 Å². The van der Waals surface area contributed by atoms with Gasteiger partial charge in [-0.15, -0.1) is 0 Å². The molecular formula is C18H26BrN5O. The highest BCUT2D eigenvalue weighted by Gasteiger charge is 2.34. The maximum absolute atomic E-state index is 6.41. The van der Waals surface area contributed by atoms with Gasteiger partial charge < -0.3 is 15.0 Å². The zero-order chi connectivity index (χ0) is 17.6. The summed E-state index contributed by atoms with van der Waals surface area (Å²) in [5.74, 6) is 0.501. The molecule has 0 spiro atoms. The van der Waals surface area contributed by atoms with E-state index in [-0.39, 0.29) is 12.3 Å². The summed E-state index contributed by atoms with van der Waals surface area (Å²) in [4.78, 5) is 11.1. The van der Waals surface area contributed by atoms with Gasteiger partial charge in [0, 0.05) is 29.3 Å². The van der Waals surface area contributed by atoms with Gasteiger partial charge in [-0.3, -0.25) is 4.90 Å². The van der Waals surface area contributed by atoms with Gasteiger partial charge in [0.25, 0.3) is 0 Å². The quantitative estimate of drug-likeness (QED) is 0.817. The van der Waals surface area contributed by atoms with Crippen LogP contribution in [0.4, 0.5) is 5.82 Å². The average Bonchev–Trinajstić information content (AvgIpc) is 3.10. The molecule has 0 radical (unpaired) electrons. The highest BCUT2D eigenvalue weighted by Crippen LogP contribution is 2.37. The Morgan fingerprint density at radius 1 is 1.32 bits per heavy atom. The fourth-order valence-corrected chi connectivity index (χ4v) is 4.64. The van der Waals surface area contributed by atoms with Gasteiger partial charge in [-0.05, 0) is 55.5 Å². The van der Waals surface area contributed by atoms with E-state index in [9.17, 15) is 0 Å². The second-order valence-electron chi connectivity index (χ2n) is 7.51. The largest absolute Gasteiger partial charge is 0.383 e. The van der Waals surface area contributed by atoms with E-state index in [4.69, 9.17) is 10.5 Å². The first-order chi connectivity index (χ1) is 12.0. The van der Waals surface area contributed by atoms with Crippen LogP contribution in [0.5, 0.6) is 0 Å². The van der Waals surface area contributed by atoms with Crippen molar-refractivity contribution in [1.29, 1.82) is 0 Å². The molecule has 1 saturated heterocycles. The van der Waals surface area contributed by atoms with Crippen molar-refractivity contribution in [1.82, 2.24) is 19.4 Å². The predicted molar refractivity (Wildman–Crippen MR) is 102 cm³/mol. The number of halogens is 1. The number of aromatic nitrogens is 3. The molecule has 2 aliphatic rings. The number of hydrogen-bond acceptors (Lipinski definition) is 5. The fraction of sp³-hybridized carbons (Fsp3) is 0.667. The standard InChI is InChI=1S/C18H26BrN5O/c1-11(2)23(12-4-3-5-12)8-13-6-7-15(25-13)24-9-14(19)16-17(20)21-10-22-18(16)24/h9-13,15H,3-8H2,1-2H3,(H2,20,21,22). The predicted octanol–water partition coefficient (Wildman–Crippen LogP) is 3.72. The fourth-order valence-electron chi connectivity index (χ4n) is 4.04. The molecule has 136 valence electrons. The van der Waals surface area contributed by atoms with Crippen molar-refractivity contribution >= 4 is 32.8 Å². The Balaban J connectivity index is 1.50. The first-order valence-electron chi connectivity index (χ1n) is 9.22. The van der Waals surface area contributed by atoms with Crippen molar-refractivity contribution in [2.45, 2.75) is 70.4 Å². The third-order valence-electron chi connectivity index (χ3n) is 5.61. The second-order valence-corrected chi connectivity index (χ2v) is 8.36. The molecule has 0 bridgehead atoms. The van der Waals surface area contributed by atoms with E-state index in [1.165, 1.54) is 25.6 Å². The van der Waals surface area contributed by atoms with Crippen molar-refractivity contribution in [3.05, 3.63) is 17.0 Å². The molecule has 2 atom stereocenters. The zero-order valence-corrected chi connectivity index (χ0v) is 16.4. The number of rotatable bonds is 5. The van der Waals surface area contributed by atoms with Gasteiger partial charge in [0.05, 0.1) is 11.5 Å². The molecule has 2 aromatic heterocycles. The molecule has 2 aromatic rings. The minimum absolute atomic E-state index is 0.0171. The third kappa shape index (κ3) is 3.17. The molecule has 0 amide bonds. The van der Waals surface area contributed by atoms with Crippen LogP contribution in [-0.2, 0) is 4.74 Å². The SMILES string of the molecule is CC(C)N(CC1CCC(n2cc(Br)c3c(N)ncnc32)O1)C1CCC1. The van der Waals surface area contributed by atoms with Crippen LogP contribution in [0, 0.1) is 0 Å². The molecule has 0 aromatic carbocycles. The average molecular weight is 408 g/mol. The summed E-state index contributed by atoms with van der Waals surface area (Å²) in [5, 5.41) is 0.868. The summed E-state index contributed by atoms with van der Waals surface area (Å²) in [5.41, 5.74) is 6.85. The molecule has 2 N–H and O–H groups in total. The van der Waals surface area contributed by atoms with Crippen molar-refractivity contribution in [3.63, 3.8) is 0 Å². The second kappa shape index (κ2) is 6.85. The first-order valence-corrected chi connectivity index (χ1v) is 10.0. The topological polar surface area (TPSA) is 69.2 Å². The first kappa shape index (κ1) is 17.2. The van der Waals surface area contributed by atoms with Gasteiger partial charge in [-0.2, -0.15) is 0 Å². The summed E-state index contributed by atoms with van der Waals surface area (Å²) < 4.78 is 9.43. The Morgan fingerprint density at radius 3 is 2.80 bits per heavy atom. The maximum atomic E-state index is 6.41. The molecule has 4 rings (SSSR count). The Morgan fingerprint density at radius 2 is 2.12 bits per heavy atom. The van der Waals surface area contributed by atoms with Gasteiger partial charge in [-0.25, -0.2) is 9.97 Å². The minimum atomic E-state index is 0.0171. The lowest BCUT2D eigenvalue weighted by Crippen LogP contribution is -2.47. The minimum Gasteiger partial charge on any atom is -0.383 e. The van der Waals surface area contributed by atoms with E-state index in [0.29, 0.717) is 11.9 Å². The van der Waals surface area contributed by atoms with Crippen molar-refractivity contribution in [2.24, 2.45) is 0 Å². The summed E-state index contributed by atoms with van der Waals surface area (Å²) in [7, 11) is 0. The highest BCUT2D eigenvalue weighted by molar-refractivity contribution is 9.10. The molecular weight excluding hydrogens is 382 g/mol. The Bertz CT molecular complexity index is 757. The Labute approximate surface area is 156 Å². The molecule has 7 heteroatoms. The number of anilines is 1. The lowest BCUT2D eigenvalue weighted by Gasteiger charge is -2.41. The third-order valence-corrected chi connectivity index (χ3v) is 6.21. The van der Waals surface area contributed by atoms with E-state index in [1.54, 1.807) is 0 Å². The van der Waals surface area contributed by atoms with Crippen LogP contribution in [0.25, 0.3) is 11.0 Å².